The molecule has 3 aliphatic rings. The maximum Gasteiger partial charge on any atom is 0.312 e. The van der Waals surface area contributed by atoms with E-state index in [1.54, 1.807) is 18.2 Å². The van der Waals surface area contributed by atoms with E-state index in [1.807, 2.05) is 19.0 Å². The SMILES string of the molecule is CN(C)CC1CC2(CCN(S(=O)(=O)c3ccc4c(c3)CCO4)CC2)C(=O)O1.O=CO. The zero-order valence-electron chi connectivity index (χ0n) is 17.2. The number of likely N-dealkylation sites (N-methyl/N-ethyl adjacent to an activating group) is 1. The zero-order valence-corrected chi connectivity index (χ0v) is 18.1. The van der Waals surface area contributed by atoms with E-state index in [2.05, 4.69) is 0 Å². The summed E-state index contributed by atoms with van der Waals surface area (Å²) in [5.74, 6) is 0.605. The molecule has 1 aromatic rings. The van der Waals surface area contributed by atoms with Crippen molar-refractivity contribution in [3.63, 3.8) is 0 Å². The number of carboxylic acid groups (broad SMARTS) is 1. The molecule has 3 heterocycles. The molecule has 3 aliphatic heterocycles. The van der Waals surface area contributed by atoms with Crippen LogP contribution in [0.15, 0.2) is 23.1 Å². The molecule has 166 valence electrons. The molecule has 0 aromatic heterocycles. The summed E-state index contributed by atoms with van der Waals surface area (Å²) >= 11 is 0. The Morgan fingerprint density at radius 3 is 2.60 bits per heavy atom. The molecule has 1 unspecified atom stereocenters. The number of hydrogen-bond acceptors (Lipinski definition) is 7. The molecular formula is C20H28N2O7S. The molecule has 0 aliphatic carbocycles. The fraction of sp³-hybridized carbons (Fsp3) is 0.600. The normalized spacial score (nSPS) is 22.8. The van der Waals surface area contributed by atoms with E-state index in [1.165, 1.54) is 4.31 Å². The Kier molecular flexibility index (Phi) is 6.68. The first kappa shape index (κ1) is 22.5. The third kappa shape index (κ3) is 4.45. The minimum Gasteiger partial charge on any atom is -0.493 e. The molecule has 1 atom stereocenters. The van der Waals surface area contributed by atoms with Crippen LogP contribution in [0.3, 0.4) is 0 Å². The molecule has 4 rings (SSSR count). The highest BCUT2D eigenvalue weighted by atomic mass is 32.2. The molecule has 1 aromatic carbocycles. The Balaban J connectivity index is 0.000000806. The number of carbonyl (C=O) groups is 2. The van der Waals surface area contributed by atoms with Crippen molar-refractivity contribution in [3.05, 3.63) is 23.8 Å². The Morgan fingerprint density at radius 1 is 1.30 bits per heavy atom. The van der Waals surface area contributed by atoms with E-state index in [9.17, 15) is 13.2 Å². The number of fused-ring (bicyclic) bond motifs is 1. The first-order chi connectivity index (χ1) is 14.2. The van der Waals surface area contributed by atoms with E-state index in [-0.39, 0.29) is 18.5 Å². The number of sulfonamides is 1. The Labute approximate surface area is 176 Å². The number of benzene rings is 1. The monoisotopic (exact) mass is 440 g/mol. The summed E-state index contributed by atoms with van der Waals surface area (Å²) < 4.78 is 38.6. The zero-order chi connectivity index (χ0) is 21.9. The number of carbonyl (C=O) groups excluding carboxylic acids is 1. The third-order valence-corrected chi connectivity index (χ3v) is 7.77. The Hall–Kier alpha value is -2.17. The number of hydrogen-bond donors (Lipinski definition) is 1. The quantitative estimate of drug-likeness (QED) is 0.544. The van der Waals surface area contributed by atoms with E-state index < -0.39 is 15.4 Å². The van der Waals surface area contributed by atoms with Gasteiger partial charge in [-0.1, -0.05) is 0 Å². The van der Waals surface area contributed by atoms with Gasteiger partial charge in [-0.3, -0.25) is 9.59 Å². The predicted octanol–water partition coefficient (Wildman–Crippen LogP) is 0.970. The number of ether oxygens (including phenoxy) is 2. The molecule has 0 saturated carbocycles. The van der Waals surface area contributed by atoms with Gasteiger partial charge in [0.05, 0.1) is 16.9 Å². The largest absolute Gasteiger partial charge is 0.493 e. The molecule has 2 saturated heterocycles. The molecule has 0 radical (unpaired) electrons. The van der Waals surface area contributed by atoms with Gasteiger partial charge >= 0.3 is 5.97 Å². The summed E-state index contributed by atoms with van der Waals surface area (Å²) in [6.07, 6.45) is 2.34. The molecule has 30 heavy (non-hydrogen) atoms. The Morgan fingerprint density at radius 2 is 1.97 bits per heavy atom. The first-order valence-electron chi connectivity index (χ1n) is 9.91. The van der Waals surface area contributed by atoms with Crippen molar-refractivity contribution in [2.45, 2.75) is 36.7 Å². The minimum atomic E-state index is -3.56. The summed E-state index contributed by atoms with van der Waals surface area (Å²) in [5, 5.41) is 6.89. The lowest BCUT2D eigenvalue weighted by atomic mass is 9.76. The van der Waals surface area contributed by atoms with Crippen molar-refractivity contribution < 1.29 is 32.6 Å². The van der Waals surface area contributed by atoms with E-state index in [0.29, 0.717) is 50.4 Å². The molecule has 0 amide bonds. The number of cyclic esters (lactones) is 1. The van der Waals surface area contributed by atoms with E-state index in [0.717, 1.165) is 17.7 Å². The molecule has 2 fully saturated rings. The molecule has 10 heteroatoms. The van der Waals surface area contributed by atoms with Crippen LogP contribution in [0.25, 0.3) is 0 Å². The number of nitrogens with zero attached hydrogens (tertiary/aromatic N) is 2. The Bertz CT molecular complexity index is 892. The van der Waals surface area contributed by atoms with Crippen LogP contribution in [0.2, 0.25) is 0 Å². The van der Waals surface area contributed by atoms with Crippen LogP contribution in [-0.4, -0.2) is 81.6 Å². The highest BCUT2D eigenvalue weighted by molar-refractivity contribution is 7.89. The van der Waals surface area contributed by atoms with Crippen LogP contribution in [0, 0.1) is 5.41 Å². The van der Waals surface area contributed by atoms with Gasteiger partial charge in [0.15, 0.2) is 0 Å². The van der Waals surface area contributed by atoms with Crippen LogP contribution in [0.5, 0.6) is 5.75 Å². The van der Waals surface area contributed by atoms with Gasteiger partial charge in [0, 0.05) is 32.5 Å². The van der Waals surface area contributed by atoms with Gasteiger partial charge in [0.2, 0.25) is 10.0 Å². The maximum atomic E-state index is 13.0. The summed E-state index contributed by atoms with van der Waals surface area (Å²) in [5.41, 5.74) is 0.411. The third-order valence-electron chi connectivity index (χ3n) is 5.87. The van der Waals surface area contributed by atoms with Gasteiger partial charge in [0.1, 0.15) is 11.9 Å². The molecule has 9 nitrogen and oxygen atoms in total. The summed E-state index contributed by atoms with van der Waals surface area (Å²) in [6.45, 7) is 1.74. The highest BCUT2D eigenvalue weighted by Crippen LogP contribution is 2.44. The van der Waals surface area contributed by atoms with Crippen molar-refractivity contribution in [1.29, 1.82) is 0 Å². The number of rotatable bonds is 4. The molecular weight excluding hydrogens is 412 g/mol. The minimum absolute atomic E-state index is 0.104. The van der Waals surface area contributed by atoms with Gasteiger partial charge in [-0.2, -0.15) is 4.31 Å². The second-order valence-electron chi connectivity index (χ2n) is 8.15. The number of esters is 1. The van der Waals surface area contributed by atoms with Crippen LogP contribution < -0.4 is 4.74 Å². The van der Waals surface area contributed by atoms with Crippen molar-refractivity contribution in [2.24, 2.45) is 5.41 Å². The number of piperidine rings is 1. The smallest absolute Gasteiger partial charge is 0.312 e. The standard InChI is InChI=1S/C19H26N2O5S.CH2O2/c1-20(2)13-15-12-19(18(22)26-15)6-8-21(9-7-19)27(23,24)16-3-4-17-14(11-16)5-10-25-17;2-1-3/h3-4,11,15H,5-10,12-13H2,1-2H3;1H,(H,2,3). The predicted molar refractivity (Wildman–Crippen MR) is 108 cm³/mol. The van der Waals surface area contributed by atoms with Gasteiger partial charge in [-0.05, 0) is 50.7 Å². The average molecular weight is 441 g/mol. The lowest BCUT2D eigenvalue weighted by Crippen LogP contribution is -2.45. The summed E-state index contributed by atoms with van der Waals surface area (Å²) in [7, 11) is 0.346. The highest BCUT2D eigenvalue weighted by Gasteiger charge is 2.51. The second kappa shape index (κ2) is 8.91. The fourth-order valence-corrected chi connectivity index (χ4v) is 5.87. The van der Waals surface area contributed by atoms with E-state index in [4.69, 9.17) is 19.4 Å². The molecule has 1 N–H and O–H groups in total. The summed E-state index contributed by atoms with van der Waals surface area (Å²) in [6, 6.07) is 5.07. The van der Waals surface area contributed by atoms with Crippen molar-refractivity contribution in [3.8, 4) is 5.75 Å². The maximum absolute atomic E-state index is 13.0. The van der Waals surface area contributed by atoms with Gasteiger partial charge < -0.3 is 19.5 Å². The molecule has 0 bridgehead atoms. The summed E-state index contributed by atoms with van der Waals surface area (Å²) in [4.78, 5) is 23.2. The van der Waals surface area contributed by atoms with Gasteiger partial charge in [-0.15, -0.1) is 0 Å². The van der Waals surface area contributed by atoms with Crippen molar-refractivity contribution in [1.82, 2.24) is 9.21 Å². The van der Waals surface area contributed by atoms with Crippen LogP contribution >= 0.6 is 0 Å². The second-order valence-corrected chi connectivity index (χ2v) is 10.1. The molecule has 1 spiro atoms. The van der Waals surface area contributed by atoms with Crippen LogP contribution in [-0.2, 0) is 30.8 Å². The van der Waals surface area contributed by atoms with Crippen LogP contribution in [0.4, 0.5) is 0 Å². The fourth-order valence-electron chi connectivity index (χ4n) is 4.38. The van der Waals surface area contributed by atoms with Crippen molar-refractivity contribution >= 4 is 22.5 Å². The first-order valence-corrected chi connectivity index (χ1v) is 11.4. The van der Waals surface area contributed by atoms with E-state index >= 15 is 0 Å². The lowest BCUT2D eigenvalue weighted by molar-refractivity contribution is -0.150. The van der Waals surface area contributed by atoms with Crippen molar-refractivity contribution in [2.75, 3.05) is 40.3 Å². The lowest BCUT2D eigenvalue weighted by Gasteiger charge is -2.35. The van der Waals surface area contributed by atoms with Gasteiger partial charge in [0.25, 0.3) is 6.47 Å². The average Bonchev–Trinajstić information content (AvgIpc) is 3.26. The van der Waals surface area contributed by atoms with Crippen LogP contribution in [0.1, 0.15) is 24.8 Å². The topological polar surface area (TPSA) is 113 Å². The van der Waals surface area contributed by atoms with Gasteiger partial charge in [-0.25, -0.2) is 8.42 Å².